The molecule has 2 amide bonds. The molecule has 8 heteroatoms. The van der Waals surface area contributed by atoms with E-state index in [1.807, 2.05) is 47.8 Å². The zero-order valence-electron chi connectivity index (χ0n) is 17.3. The van der Waals surface area contributed by atoms with E-state index in [0.717, 1.165) is 42.8 Å². The summed E-state index contributed by atoms with van der Waals surface area (Å²) in [5, 5.41) is 5.81. The number of methoxy groups -OCH3 is 1. The predicted octanol–water partition coefficient (Wildman–Crippen LogP) is 1.45. The number of nitrogens with zero attached hydrogens (tertiary/aromatic N) is 3. The van der Waals surface area contributed by atoms with E-state index in [4.69, 9.17) is 4.74 Å². The van der Waals surface area contributed by atoms with Crippen molar-refractivity contribution in [3.8, 4) is 5.75 Å². The minimum Gasteiger partial charge on any atom is -0.497 e. The molecule has 8 nitrogen and oxygen atoms in total. The second-order valence-corrected chi connectivity index (χ2v) is 7.43. The van der Waals surface area contributed by atoms with Crippen molar-refractivity contribution in [1.29, 1.82) is 0 Å². The van der Waals surface area contributed by atoms with E-state index in [1.54, 1.807) is 7.11 Å². The Bertz CT molecular complexity index is 858. The van der Waals surface area contributed by atoms with E-state index in [9.17, 15) is 9.59 Å². The molecule has 0 fully saturated rings. The van der Waals surface area contributed by atoms with E-state index < -0.39 is 0 Å². The van der Waals surface area contributed by atoms with Crippen molar-refractivity contribution in [1.82, 2.24) is 25.1 Å². The molecule has 0 saturated carbocycles. The number of imidazole rings is 1. The van der Waals surface area contributed by atoms with Crippen LogP contribution in [0.3, 0.4) is 0 Å². The fourth-order valence-electron chi connectivity index (χ4n) is 3.38. The molecule has 0 saturated heterocycles. The summed E-state index contributed by atoms with van der Waals surface area (Å²) in [5.74, 6) is 0.598. The van der Waals surface area contributed by atoms with Crippen LogP contribution in [-0.2, 0) is 19.5 Å². The van der Waals surface area contributed by atoms with Gasteiger partial charge in [0.2, 0.25) is 0 Å². The maximum absolute atomic E-state index is 12.8. The third kappa shape index (κ3) is 5.14. The van der Waals surface area contributed by atoms with Crippen molar-refractivity contribution in [3.63, 3.8) is 0 Å². The van der Waals surface area contributed by atoms with Gasteiger partial charge in [-0.1, -0.05) is 12.1 Å². The van der Waals surface area contributed by atoms with Gasteiger partial charge in [0.25, 0.3) is 11.8 Å². The Labute approximate surface area is 171 Å². The average molecular weight is 399 g/mol. The van der Waals surface area contributed by atoms with Crippen LogP contribution in [-0.4, -0.2) is 60.6 Å². The quantitative estimate of drug-likeness (QED) is 0.701. The van der Waals surface area contributed by atoms with Crippen molar-refractivity contribution < 1.29 is 14.3 Å². The minimum absolute atomic E-state index is 0.216. The normalized spacial score (nSPS) is 13.1. The van der Waals surface area contributed by atoms with Gasteiger partial charge in [-0.25, -0.2) is 4.98 Å². The van der Waals surface area contributed by atoms with Gasteiger partial charge in [0.05, 0.1) is 12.8 Å². The molecule has 29 heavy (non-hydrogen) atoms. The van der Waals surface area contributed by atoms with Crippen molar-refractivity contribution in [2.75, 3.05) is 34.3 Å². The van der Waals surface area contributed by atoms with Crippen LogP contribution in [0.25, 0.3) is 0 Å². The molecule has 0 aliphatic carbocycles. The van der Waals surface area contributed by atoms with Crippen LogP contribution in [0.4, 0.5) is 0 Å². The van der Waals surface area contributed by atoms with Crippen LogP contribution in [0.1, 0.15) is 45.2 Å². The molecule has 156 valence electrons. The van der Waals surface area contributed by atoms with E-state index >= 15 is 0 Å². The molecule has 0 bridgehead atoms. The fourth-order valence-corrected chi connectivity index (χ4v) is 3.38. The summed E-state index contributed by atoms with van der Waals surface area (Å²) >= 11 is 0. The zero-order chi connectivity index (χ0) is 20.8. The third-order valence-electron chi connectivity index (χ3n) is 4.99. The molecule has 0 atom stereocenters. The van der Waals surface area contributed by atoms with Gasteiger partial charge in [0, 0.05) is 26.2 Å². The Kier molecular flexibility index (Phi) is 6.87. The number of carbonyl (C=O) groups excluding carboxylic acids is 2. The number of aromatic nitrogens is 2. The van der Waals surface area contributed by atoms with E-state index in [1.165, 1.54) is 0 Å². The van der Waals surface area contributed by atoms with Crippen molar-refractivity contribution in [2.45, 2.75) is 32.4 Å². The Morgan fingerprint density at radius 2 is 1.90 bits per heavy atom. The van der Waals surface area contributed by atoms with Crippen LogP contribution in [0, 0.1) is 0 Å². The average Bonchev–Trinajstić information content (AvgIpc) is 3.12. The molecule has 1 aromatic heterocycles. The molecule has 1 aliphatic heterocycles. The third-order valence-corrected chi connectivity index (χ3v) is 4.99. The Morgan fingerprint density at radius 1 is 1.14 bits per heavy atom. The molecule has 2 heterocycles. The number of carbonyl (C=O) groups is 2. The van der Waals surface area contributed by atoms with Crippen LogP contribution < -0.4 is 15.4 Å². The molecule has 0 unspecified atom stereocenters. The first-order valence-electron chi connectivity index (χ1n) is 9.93. The summed E-state index contributed by atoms with van der Waals surface area (Å²) in [6, 6.07) is 7.53. The van der Waals surface area contributed by atoms with Gasteiger partial charge >= 0.3 is 0 Å². The highest BCUT2D eigenvalue weighted by molar-refractivity contribution is 5.97. The number of amides is 2. The number of fused-ring (bicyclic) bond motifs is 1. The predicted molar refractivity (Wildman–Crippen MR) is 110 cm³/mol. The number of rotatable bonds is 8. The first-order chi connectivity index (χ1) is 14.0. The van der Waals surface area contributed by atoms with Gasteiger partial charge < -0.3 is 24.8 Å². The molecule has 1 aliphatic rings. The lowest BCUT2D eigenvalue weighted by Gasteiger charge is -2.17. The number of likely N-dealkylation sites (N-methyl/N-ethyl adjacent to an activating group) is 1. The first-order valence-corrected chi connectivity index (χ1v) is 9.93. The second kappa shape index (κ2) is 9.56. The molecule has 0 spiro atoms. The topological polar surface area (TPSA) is 88.5 Å². The maximum atomic E-state index is 12.8. The highest BCUT2D eigenvalue weighted by atomic mass is 16.5. The Balaban J connectivity index is 1.71. The molecule has 2 N–H and O–H groups in total. The summed E-state index contributed by atoms with van der Waals surface area (Å²) in [5.41, 5.74) is 2.19. The van der Waals surface area contributed by atoms with Gasteiger partial charge in [0.1, 0.15) is 11.4 Å². The molecular formula is C21H29N5O3. The lowest BCUT2D eigenvalue weighted by Crippen LogP contribution is -2.32. The summed E-state index contributed by atoms with van der Waals surface area (Å²) in [7, 11) is 5.53. The smallest absolute Gasteiger partial charge is 0.287 e. The molecular weight excluding hydrogens is 370 g/mol. The highest BCUT2D eigenvalue weighted by Crippen LogP contribution is 2.21. The lowest BCUT2D eigenvalue weighted by atomic mass is 10.1. The Morgan fingerprint density at radius 3 is 2.59 bits per heavy atom. The van der Waals surface area contributed by atoms with Crippen LogP contribution in [0.15, 0.2) is 24.3 Å². The van der Waals surface area contributed by atoms with Gasteiger partial charge in [0.15, 0.2) is 5.82 Å². The number of hydrogen-bond donors (Lipinski definition) is 2. The maximum Gasteiger partial charge on any atom is 0.287 e. The van der Waals surface area contributed by atoms with Crippen LogP contribution in [0.2, 0.25) is 0 Å². The Hall–Kier alpha value is -2.87. The van der Waals surface area contributed by atoms with E-state index in [2.05, 4.69) is 15.6 Å². The number of ether oxygens (including phenoxy) is 1. The van der Waals surface area contributed by atoms with Gasteiger partial charge in [-0.15, -0.1) is 0 Å². The van der Waals surface area contributed by atoms with Crippen LogP contribution in [0.5, 0.6) is 5.75 Å². The molecule has 0 radical (unpaired) electrons. The number of nitrogens with one attached hydrogen (secondary N) is 2. The lowest BCUT2D eigenvalue weighted by molar-refractivity contribution is 0.0935. The summed E-state index contributed by atoms with van der Waals surface area (Å²) in [6.07, 6.45) is 2.73. The monoisotopic (exact) mass is 399 g/mol. The van der Waals surface area contributed by atoms with E-state index in [0.29, 0.717) is 31.2 Å². The first kappa shape index (κ1) is 20.9. The summed E-state index contributed by atoms with van der Waals surface area (Å²) < 4.78 is 7.05. The van der Waals surface area contributed by atoms with E-state index in [-0.39, 0.29) is 11.8 Å². The SMILES string of the molecule is COc1ccc(CNC(=O)c2nc(C(=O)NCCN(C)C)c3n2CCCC3)cc1. The van der Waals surface area contributed by atoms with Crippen LogP contribution >= 0.6 is 0 Å². The van der Waals surface area contributed by atoms with Gasteiger partial charge in [-0.05, 0) is 51.1 Å². The highest BCUT2D eigenvalue weighted by Gasteiger charge is 2.27. The van der Waals surface area contributed by atoms with Crippen molar-refractivity contribution in [3.05, 3.63) is 47.0 Å². The van der Waals surface area contributed by atoms with Gasteiger partial charge in [-0.3, -0.25) is 9.59 Å². The molecule has 1 aromatic carbocycles. The van der Waals surface area contributed by atoms with Crippen molar-refractivity contribution >= 4 is 11.8 Å². The zero-order valence-corrected chi connectivity index (χ0v) is 17.3. The van der Waals surface area contributed by atoms with Gasteiger partial charge in [-0.2, -0.15) is 0 Å². The standard InChI is InChI=1S/C21H29N5O3/c1-25(2)13-11-22-20(27)18-17-6-4-5-12-26(17)19(24-18)21(28)23-14-15-7-9-16(29-3)10-8-15/h7-10H,4-6,11-14H2,1-3H3,(H,22,27)(H,23,28). The summed E-state index contributed by atoms with van der Waals surface area (Å²) in [4.78, 5) is 31.9. The largest absolute Gasteiger partial charge is 0.497 e. The number of benzene rings is 1. The summed E-state index contributed by atoms with van der Waals surface area (Å²) in [6.45, 7) is 2.38. The molecule has 2 aromatic rings. The fraction of sp³-hybridized carbons (Fsp3) is 0.476. The van der Waals surface area contributed by atoms with Crippen molar-refractivity contribution in [2.24, 2.45) is 0 Å². The molecule has 3 rings (SSSR count). The second-order valence-electron chi connectivity index (χ2n) is 7.43. The number of hydrogen-bond acceptors (Lipinski definition) is 5. The minimum atomic E-state index is -0.267.